The van der Waals surface area contributed by atoms with Crippen LogP contribution in [0, 0.1) is 5.82 Å². The van der Waals surface area contributed by atoms with Crippen LogP contribution in [0.15, 0.2) is 29.4 Å². The number of hydrogen-bond acceptors (Lipinski definition) is 6. The van der Waals surface area contributed by atoms with E-state index < -0.39 is 0 Å². The number of likely N-dealkylation sites (tertiary alicyclic amines) is 1. The van der Waals surface area contributed by atoms with Crippen LogP contribution in [-0.4, -0.2) is 56.1 Å². The first-order valence-corrected chi connectivity index (χ1v) is 12.5. The number of aromatic nitrogens is 3. The largest absolute Gasteiger partial charge is 0.378 e. The van der Waals surface area contributed by atoms with Crippen molar-refractivity contribution in [1.82, 2.24) is 19.7 Å². The fourth-order valence-electron chi connectivity index (χ4n) is 4.59. The van der Waals surface area contributed by atoms with Crippen molar-refractivity contribution in [2.45, 2.75) is 82.4 Å². The van der Waals surface area contributed by atoms with Crippen molar-refractivity contribution in [3.05, 3.63) is 35.9 Å². The molecule has 1 aromatic heterocycles. The molecule has 0 spiro atoms. The Kier molecular flexibility index (Phi) is 7.67. The number of anilines is 1. The lowest BCUT2D eigenvalue weighted by Crippen LogP contribution is -2.48. The van der Waals surface area contributed by atoms with Crippen LogP contribution in [0.3, 0.4) is 0 Å². The van der Waals surface area contributed by atoms with Crippen LogP contribution in [0.1, 0.15) is 51.8 Å². The number of carbonyl (C=O) groups excluding carboxylic acids is 1. The summed E-state index contributed by atoms with van der Waals surface area (Å²) < 4.78 is 21.1. The first-order chi connectivity index (χ1) is 15.5. The third kappa shape index (κ3) is 5.61. The Morgan fingerprint density at radius 3 is 2.59 bits per heavy atom. The number of nitrogens with one attached hydrogen (secondary N) is 1. The van der Waals surface area contributed by atoms with Crippen LogP contribution in [-0.2, 0) is 22.6 Å². The van der Waals surface area contributed by atoms with Crippen molar-refractivity contribution in [2.24, 2.45) is 0 Å². The maximum atomic E-state index is 13.2. The Balaban J connectivity index is 1.44. The Bertz CT molecular complexity index is 890. The molecule has 0 aliphatic carbocycles. The summed E-state index contributed by atoms with van der Waals surface area (Å²) in [4.78, 5) is 15.0. The molecular weight excluding hydrogens is 429 g/mol. The molecule has 4 rings (SSSR count). The van der Waals surface area contributed by atoms with Gasteiger partial charge in [-0.15, -0.1) is 10.2 Å². The van der Waals surface area contributed by atoms with Gasteiger partial charge < -0.3 is 19.5 Å². The lowest BCUT2D eigenvalue weighted by Gasteiger charge is -2.39. The van der Waals surface area contributed by atoms with Crippen LogP contribution >= 0.6 is 11.8 Å². The van der Waals surface area contributed by atoms with E-state index in [1.165, 1.54) is 30.3 Å². The summed E-state index contributed by atoms with van der Waals surface area (Å²) in [6.07, 6.45) is 5.51. The maximum absolute atomic E-state index is 13.2. The van der Waals surface area contributed by atoms with Crippen molar-refractivity contribution in [3.63, 3.8) is 0 Å². The van der Waals surface area contributed by atoms with Gasteiger partial charge in [0, 0.05) is 24.4 Å². The van der Waals surface area contributed by atoms with E-state index in [4.69, 9.17) is 4.74 Å². The normalized spacial score (nSPS) is 23.5. The van der Waals surface area contributed by atoms with Gasteiger partial charge in [-0.25, -0.2) is 4.39 Å². The topological polar surface area (TPSA) is 72.3 Å². The van der Waals surface area contributed by atoms with Gasteiger partial charge >= 0.3 is 0 Å². The Morgan fingerprint density at radius 1 is 1.16 bits per heavy atom. The number of ether oxygens (including phenoxy) is 1. The van der Waals surface area contributed by atoms with E-state index in [1.807, 2.05) is 4.90 Å². The minimum atomic E-state index is -0.266. The summed E-state index contributed by atoms with van der Waals surface area (Å²) in [6, 6.07) is 6.82. The molecule has 2 fully saturated rings. The van der Waals surface area contributed by atoms with Crippen molar-refractivity contribution >= 4 is 23.4 Å². The maximum Gasteiger partial charge on any atom is 0.233 e. The third-order valence-electron chi connectivity index (χ3n) is 6.30. The van der Waals surface area contributed by atoms with Crippen molar-refractivity contribution < 1.29 is 13.9 Å². The predicted molar refractivity (Wildman–Crippen MR) is 123 cm³/mol. The zero-order valence-electron chi connectivity index (χ0n) is 18.8. The highest BCUT2D eigenvalue weighted by atomic mass is 32.2. The minimum absolute atomic E-state index is 0.132. The molecule has 0 saturated carbocycles. The molecule has 1 N–H and O–H groups in total. The highest BCUT2D eigenvalue weighted by molar-refractivity contribution is 7.99. The molecule has 2 aliphatic rings. The van der Waals surface area contributed by atoms with E-state index in [0.29, 0.717) is 18.8 Å². The second-order valence-corrected chi connectivity index (χ2v) is 9.67. The van der Waals surface area contributed by atoms with Gasteiger partial charge in [-0.05, 0) is 70.2 Å². The Hall–Kier alpha value is -2.13. The monoisotopic (exact) mass is 461 g/mol. The molecule has 2 aromatic rings. The molecule has 0 bridgehead atoms. The standard InChI is InChI=1S/C23H32FN5O2S/c1-16-5-3-6-17(2)29(16)22(30)15-32-23-27-26-21(28(23)14-20-7-4-12-31-20)13-25-19-10-8-18(24)9-11-19/h8-11,16-17,20,25H,3-7,12-15H2,1-2H3. The van der Waals surface area contributed by atoms with Gasteiger partial charge in [-0.3, -0.25) is 4.79 Å². The molecular formula is C23H32FN5O2S. The molecule has 0 radical (unpaired) electrons. The molecule has 2 aliphatic heterocycles. The minimum Gasteiger partial charge on any atom is -0.378 e. The summed E-state index contributed by atoms with van der Waals surface area (Å²) in [5.41, 5.74) is 0.815. The number of piperidine rings is 1. The van der Waals surface area contributed by atoms with Crippen molar-refractivity contribution in [3.8, 4) is 0 Å². The third-order valence-corrected chi connectivity index (χ3v) is 7.26. The van der Waals surface area contributed by atoms with E-state index in [2.05, 4.69) is 33.9 Å². The number of nitrogens with zero attached hydrogens (tertiary/aromatic N) is 4. The SMILES string of the molecule is CC1CCCC(C)N1C(=O)CSc1nnc(CNc2ccc(F)cc2)n1CC1CCCO1. The number of amides is 1. The first kappa shape index (κ1) is 23.0. The summed E-state index contributed by atoms with van der Waals surface area (Å²) in [5, 5.41) is 12.8. The van der Waals surface area contributed by atoms with Gasteiger partial charge in [0.15, 0.2) is 11.0 Å². The van der Waals surface area contributed by atoms with Crippen LogP contribution in [0.4, 0.5) is 10.1 Å². The molecule has 3 heterocycles. The lowest BCUT2D eigenvalue weighted by atomic mass is 9.98. The molecule has 3 atom stereocenters. The number of carbonyl (C=O) groups is 1. The molecule has 174 valence electrons. The van der Waals surface area contributed by atoms with Gasteiger partial charge in [0.1, 0.15) is 5.82 Å². The number of hydrogen-bond donors (Lipinski definition) is 1. The van der Waals surface area contributed by atoms with Crippen LogP contribution < -0.4 is 5.32 Å². The van der Waals surface area contributed by atoms with Crippen LogP contribution in [0.5, 0.6) is 0 Å². The number of rotatable bonds is 8. The van der Waals surface area contributed by atoms with E-state index in [0.717, 1.165) is 49.0 Å². The number of halogens is 1. The average molecular weight is 462 g/mol. The average Bonchev–Trinajstić information content (AvgIpc) is 3.42. The quantitative estimate of drug-likeness (QED) is 0.597. The van der Waals surface area contributed by atoms with Crippen LogP contribution in [0.2, 0.25) is 0 Å². The molecule has 32 heavy (non-hydrogen) atoms. The van der Waals surface area contributed by atoms with Crippen LogP contribution in [0.25, 0.3) is 0 Å². The number of thioether (sulfide) groups is 1. The summed E-state index contributed by atoms with van der Waals surface area (Å²) in [5.74, 6) is 1.02. The second kappa shape index (κ2) is 10.7. The Morgan fingerprint density at radius 2 is 1.91 bits per heavy atom. The fourth-order valence-corrected chi connectivity index (χ4v) is 5.43. The van der Waals surface area contributed by atoms with E-state index in [-0.39, 0.29) is 29.9 Å². The molecule has 3 unspecified atom stereocenters. The van der Waals surface area contributed by atoms with Crippen molar-refractivity contribution in [2.75, 3.05) is 17.7 Å². The van der Waals surface area contributed by atoms with Gasteiger partial charge in [-0.1, -0.05) is 11.8 Å². The second-order valence-electron chi connectivity index (χ2n) is 8.72. The first-order valence-electron chi connectivity index (χ1n) is 11.5. The van der Waals surface area contributed by atoms with Crippen molar-refractivity contribution in [1.29, 1.82) is 0 Å². The zero-order chi connectivity index (χ0) is 22.5. The summed E-state index contributed by atoms with van der Waals surface area (Å²) in [7, 11) is 0. The summed E-state index contributed by atoms with van der Waals surface area (Å²) in [6.45, 7) is 6.18. The predicted octanol–water partition coefficient (Wildman–Crippen LogP) is 4.09. The van der Waals surface area contributed by atoms with Gasteiger partial charge in [0.2, 0.25) is 5.91 Å². The van der Waals surface area contributed by atoms with E-state index in [9.17, 15) is 9.18 Å². The van der Waals surface area contributed by atoms with Gasteiger partial charge in [-0.2, -0.15) is 0 Å². The van der Waals surface area contributed by atoms with E-state index >= 15 is 0 Å². The molecule has 9 heteroatoms. The molecule has 7 nitrogen and oxygen atoms in total. The highest BCUT2D eigenvalue weighted by Crippen LogP contribution is 2.26. The Labute approximate surface area is 193 Å². The number of benzene rings is 1. The molecule has 1 amide bonds. The lowest BCUT2D eigenvalue weighted by molar-refractivity contribution is -0.134. The fraction of sp³-hybridized carbons (Fsp3) is 0.609. The van der Waals surface area contributed by atoms with E-state index in [1.54, 1.807) is 12.1 Å². The van der Waals surface area contributed by atoms with Gasteiger partial charge in [0.25, 0.3) is 0 Å². The molecule has 2 saturated heterocycles. The van der Waals surface area contributed by atoms with Gasteiger partial charge in [0.05, 0.1) is 24.9 Å². The smallest absolute Gasteiger partial charge is 0.233 e. The zero-order valence-corrected chi connectivity index (χ0v) is 19.6. The highest BCUT2D eigenvalue weighted by Gasteiger charge is 2.29. The molecule has 1 aromatic carbocycles. The summed E-state index contributed by atoms with van der Waals surface area (Å²) >= 11 is 1.45.